The van der Waals surface area contributed by atoms with Crippen LogP contribution in [0.1, 0.15) is 22.5 Å². The van der Waals surface area contributed by atoms with Crippen LogP contribution in [0.15, 0.2) is 18.2 Å². The molecule has 6 heteroatoms. The lowest BCUT2D eigenvalue weighted by atomic mass is 10.0. The number of aromatic nitrogens is 1. The van der Waals surface area contributed by atoms with Gasteiger partial charge in [0.15, 0.2) is 0 Å². The van der Waals surface area contributed by atoms with E-state index in [1.165, 1.54) is 11.3 Å². The van der Waals surface area contributed by atoms with Crippen LogP contribution in [-0.2, 0) is 0 Å². The van der Waals surface area contributed by atoms with E-state index in [2.05, 4.69) is 23.9 Å². The zero-order valence-electron chi connectivity index (χ0n) is 12.4. The van der Waals surface area contributed by atoms with Gasteiger partial charge in [-0.15, -0.1) is 11.3 Å². The number of primary amides is 1. The van der Waals surface area contributed by atoms with Gasteiger partial charge in [0.1, 0.15) is 10.6 Å². The molecule has 0 radical (unpaired) electrons. The first kappa shape index (κ1) is 14.3. The molecule has 3 rings (SSSR count). The van der Waals surface area contributed by atoms with Gasteiger partial charge in [-0.1, -0.05) is 0 Å². The quantitative estimate of drug-likeness (QED) is 0.941. The number of piperidine rings is 1. The van der Waals surface area contributed by atoms with E-state index in [0.717, 1.165) is 42.0 Å². The lowest BCUT2D eigenvalue weighted by Crippen LogP contribution is -2.42. The topological polar surface area (TPSA) is 62.5 Å². The Kier molecular flexibility index (Phi) is 3.82. The summed E-state index contributed by atoms with van der Waals surface area (Å²) in [6.07, 6.45) is 2.31. The third-order valence-electron chi connectivity index (χ3n) is 4.13. The molecule has 0 aromatic carbocycles. The van der Waals surface area contributed by atoms with E-state index >= 15 is 0 Å². The number of amides is 1. The first-order chi connectivity index (χ1) is 10.0. The van der Waals surface area contributed by atoms with Crippen molar-refractivity contribution in [3.63, 3.8) is 0 Å². The van der Waals surface area contributed by atoms with Crippen LogP contribution < -0.4 is 10.6 Å². The molecule has 1 aliphatic rings. The summed E-state index contributed by atoms with van der Waals surface area (Å²) in [6.45, 7) is 2.05. The van der Waals surface area contributed by atoms with Crippen molar-refractivity contribution in [2.75, 3.05) is 32.1 Å². The zero-order chi connectivity index (χ0) is 15.0. The van der Waals surface area contributed by atoms with Gasteiger partial charge >= 0.3 is 0 Å². The Morgan fingerprint density at radius 1 is 1.38 bits per heavy atom. The van der Waals surface area contributed by atoms with Gasteiger partial charge in [0.2, 0.25) is 0 Å². The summed E-state index contributed by atoms with van der Waals surface area (Å²) in [6, 6.07) is 6.54. The van der Waals surface area contributed by atoms with Gasteiger partial charge < -0.3 is 15.5 Å². The molecule has 1 fully saturated rings. The first-order valence-electron chi connectivity index (χ1n) is 7.16. The highest BCUT2D eigenvalue weighted by atomic mass is 32.1. The van der Waals surface area contributed by atoms with Crippen molar-refractivity contribution >= 4 is 33.3 Å². The largest absolute Gasteiger partial charge is 0.365 e. The number of carbonyl (C=O) groups excluding carboxylic acids is 1. The molecule has 0 atom stereocenters. The average Bonchev–Trinajstić information content (AvgIpc) is 2.90. The molecule has 3 heterocycles. The predicted molar refractivity (Wildman–Crippen MR) is 87.1 cm³/mol. The van der Waals surface area contributed by atoms with Crippen LogP contribution in [0.4, 0.5) is 5.82 Å². The van der Waals surface area contributed by atoms with Crippen LogP contribution >= 0.6 is 11.3 Å². The van der Waals surface area contributed by atoms with Crippen LogP contribution in [0.25, 0.3) is 10.2 Å². The fourth-order valence-electron chi connectivity index (χ4n) is 2.82. The number of hydrogen-bond donors (Lipinski definition) is 1. The molecule has 21 heavy (non-hydrogen) atoms. The highest BCUT2D eigenvalue weighted by molar-refractivity contribution is 7.20. The third kappa shape index (κ3) is 2.87. The van der Waals surface area contributed by atoms with Crippen molar-refractivity contribution in [1.29, 1.82) is 0 Å². The molecule has 0 spiro atoms. The number of hydrogen-bond acceptors (Lipinski definition) is 5. The number of carbonyl (C=O) groups is 1. The van der Waals surface area contributed by atoms with Crippen molar-refractivity contribution in [2.24, 2.45) is 5.73 Å². The van der Waals surface area contributed by atoms with Crippen LogP contribution in [0.3, 0.4) is 0 Å². The van der Waals surface area contributed by atoms with E-state index in [0.29, 0.717) is 10.9 Å². The molecule has 1 amide bonds. The summed E-state index contributed by atoms with van der Waals surface area (Å²) in [5, 5.41) is 0.987. The average molecular weight is 304 g/mol. The smallest absolute Gasteiger partial charge is 0.258 e. The fourth-order valence-corrected chi connectivity index (χ4v) is 3.70. The van der Waals surface area contributed by atoms with Gasteiger partial charge in [0, 0.05) is 24.5 Å². The Morgan fingerprint density at radius 3 is 2.71 bits per heavy atom. The molecule has 2 N–H and O–H groups in total. The maximum absolute atomic E-state index is 11.2. The number of rotatable bonds is 3. The Morgan fingerprint density at radius 2 is 2.10 bits per heavy atom. The molecule has 0 aliphatic carbocycles. The molecule has 2 aromatic rings. The molecule has 2 aromatic heterocycles. The highest BCUT2D eigenvalue weighted by Gasteiger charge is 2.21. The van der Waals surface area contributed by atoms with Crippen molar-refractivity contribution in [1.82, 2.24) is 9.88 Å². The van der Waals surface area contributed by atoms with Crippen molar-refractivity contribution in [3.05, 3.63) is 23.1 Å². The van der Waals surface area contributed by atoms with Crippen LogP contribution in [-0.4, -0.2) is 49.0 Å². The van der Waals surface area contributed by atoms with Gasteiger partial charge in [-0.3, -0.25) is 4.79 Å². The number of fused-ring (bicyclic) bond motifs is 1. The number of pyridine rings is 1. The minimum Gasteiger partial charge on any atom is -0.365 e. The van der Waals surface area contributed by atoms with E-state index in [1.807, 2.05) is 18.2 Å². The zero-order valence-corrected chi connectivity index (χ0v) is 13.2. The number of thiophene rings is 1. The normalized spacial score (nSPS) is 16.8. The molecule has 1 aliphatic heterocycles. The fraction of sp³-hybridized carbons (Fsp3) is 0.467. The van der Waals surface area contributed by atoms with Crippen LogP contribution in [0, 0.1) is 0 Å². The second-order valence-corrected chi connectivity index (χ2v) is 6.75. The highest BCUT2D eigenvalue weighted by Crippen LogP contribution is 2.27. The van der Waals surface area contributed by atoms with Gasteiger partial charge in [0.25, 0.3) is 5.91 Å². The van der Waals surface area contributed by atoms with Gasteiger partial charge in [-0.05, 0) is 45.1 Å². The van der Waals surface area contributed by atoms with Gasteiger partial charge in [0.05, 0.1) is 4.88 Å². The molecule has 1 saturated heterocycles. The molecular formula is C15H20N4OS. The molecule has 5 nitrogen and oxygen atoms in total. The summed E-state index contributed by atoms with van der Waals surface area (Å²) in [5.41, 5.74) is 5.33. The summed E-state index contributed by atoms with van der Waals surface area (Å²) < 4.78 is 0. The van der Waals surface area contributed by atoms with E-state index in [1.54, 1.807) is 0 Å². The Bertz CT molecular complexity index is 659. The second-order valence-electron chi connectivity index (χ2n) is 5.72. The predicted octanol–water partition coefficient (Wildman–Crippen LogP) is 1.93. The van der Waals surface area contributed by atoms with E-state index < -0.39 is 0 Å². The Labute approximate surface area is 128 Å². The summed E-state index contributed by atoms with van der Waals surface area (Å²) in [5.74, 6) is 0.615. The van der Waals surface area contributed by atoms with Crippen molar-refractivity contribution < 1.29 is 4.79 Å². The minimum atomic E-state index is -0.383. The molecule has 0 bridgehead atoms. The second kappa shape index (κ2) is 5.61. The SMILES string of the molecule is CN(C)C1CCN(c2ccc3cc(C(N)=O)sc3n2)CC1. The maximum atomic E-state index is 11.2. The lowest BCUT2D eigenvalue weighted by molar-refractivity contribution is 0.100. The summed E-state index contributed by atoms with van der Waals surface area (Å²) in [4.78, 5) is 22.0. The van der Waals surface area contributed by atoms with E-state index in [9.17, 15) is 4.79 Å². The molecular weight excluding hydrogens is 284 g/mol. The third-order valence-corrected chi connectivity index (χ3v) is 5.19. The van der Waals surface area contributed by atoms with Crippen molar-refractivity contribution in [2.45, 2.75) is 18.9 Å². The van der Waals surface area contributed by atoms with Crippen molar-refractivity contribution in [3.8, 4) is 0 Å². The van der Waals surface area contributed by atoms with Crippen LogP contribution in [0.2, 0.25) is 0 Å². The van der Waals surface area contributed by atoms with E-state index in [4.69, 9.17) is 10.7 Å². The van der Waals surface area contributed by atoms with Gasteiger partial charge in [-0.25, -0.2) is 4.98 Å². The monoisotopic (exact) mass is 304 g/mol. The standard InChI is InChI=1S/C15H20N4OS/c1-18(2)11-5-7-19(8-6-11)13-4-3-10-9-12(14(16)20)21-15(10)17-13/h3-4,9,11H,5-8H2,1-2H3,(H2,16,20). The maximum Gasteiger partial charge on any atom is 0.258 e. The Hall–Kier alpha value is -1.66. The molecule has 0 unspecified atom stereocenters. The molecule has 0 saturated carbocycles. The number of anilines is 1. The van der Waals surface area contributed by atoms with E-state index in [-0.39, 0.29) is 5.91 Å². The van der Waals surface area contributed by atoms with Gasteiger partial charge in [-0.2, -0.15) is 0 Å². The van der Waals surface area contributed by atoms with Crippen LogP contribution in [0.5, 0.6) is 0 Å². The number of nitrogens with two attached hydrogens (primary N) is 1. The molecule has 112 valence electrons. The first-order valence-corrected chi connectivity index (χ1v) is 7.98. The summed E-state index contributed by atoms with van der Waals surface area (Å²) >= 11 is 1.37. The number of nitrogens with zero attached hydrogens (tertiary/aromatic N) is 3. The lowest BCUT2D eigenvalue weighted by Gasteiger charge is -2.35. The summed E-state index contributed by atoms with van der Waals surface area (Å²) in [7, 11) is 4.28. The minimum absolute atomic E-state index is 0.383. The Balaban J connectivity index is 1.80.